The smallest absolute Gasteiger partial charge is 0.192 e. The number of hydrogen-bond donors (Lipinski definition) is 3. The molecule has 82 valence electrons. The number of rotatable bonds is 6. The van der Waals surface area contributed by atoms with Crippen LogP contribution >= 0.6 is 0 Å². The second kappa shape index (κ2) is 8.56. The summed E-state index contributed by atoms with van der Waals surface area (Å²) in [4.78, 5) is 4.17. The van der Waals surface area contributed by atoms with E-state index in [1.165, 1.54) is 5.57 Å². The van der Waals surface area contributed by atoms with Crippen LogP contribution in [-0.2, 0) is 0 Å². The topological polar surface area (TPSA) is 76.4 Å². The lowest BCUT2D eigenvalue weighted by Crippen LogP contribution is -2.27. The minimum atomic E-state index is 0.485. The summed E-state index contributed by atoms with van der Waals surface area (Å²) in [6.45, 7) is 5.54. The van der Waals surface area contributed by atoms with Crippen molar-refractivity contribution in [2.75, 3.05) is 13.1 Å². The fourth-order valence-corrected chi connectivity index (χ4v) is 0.896. The van der Waals surface area contributed by atoms with Crippen LogP contribution in [0.25, 0.3) is 0 Å². The van der Waals surface area contributed by atoms with Crippen molar-refractivity contribution >= 4 is 5.96 Å². The molecule has 0 spiro atoms. The van der Waals surface area contributed by atoms with Crippen LogP contribution in [0.2, 0.25) is 0 Å². The van der Waals surface area contributed by atoms with Gasteiger partial charge in [0.25, 0.3) is 0 Å². The second-order valence-corrected chi connectivity index (χ2v) is 3.48. The van der Waals surface area contributed by atoms with E-state index in [1.807, 2.05) is 20.0 Å². The van der Waals surface area contributed by atoms with E-state index in [4.69, 9.17) is 11.5 Å². The van der Waals surface area contributed by atoms with Crippen LogP contribution in [0, 0.1) is 0 Å². The molecule has 0 aliphatic rings. The van der Waals surface area contributed by atoms with Gasteiger partial charge in [-0.15, -0.1) is 0 Å². The average molecular weight is 198 g/mol. The third-order valence-electron chi connectivity index (χ3n) is 1.65. The van der Waals surface area contributed by atoms with Crippen molar-refractivity contribution in [2.24, 2.45) is 16.5 Å². The molecule has 4 nitrogen and oxygen atoms in total. The molecule has 0 atom stereocenters. The first-order valence-corrected chi connectivity index (χ1v) is 5.06. The summed E-state index contributed by atoms with van der Waals surface area (Å²) in [5.41, 5.74) is 12.1. The lowest BCUT2D eigenvalue weighted by Gasteiger charge is -2.00. The van der Waals surface area contributed by atoms with Gasteiger partial charge in [-0.1, -0.05) is 12.0 Å². The Morgan fingerprint density at radius 1 is 1.29 bits per heavy atom. The predicted molar refractivity (Wildman–Crippen MR) is 62.0 cm³/mol. The molecule has 0 fully saturated rings. The van der Waals surface area contributed by atoms with Gasteiger partial charge >= 0.3 is 0 Å². The molecular formula is C10H22N4. The molecule has 0 aliphatic heterocycles. The van der Waals surface area contributed by atoms with Gasteiger partial charge in [0.15, 0.2) is 5.96 Å². The van der Waals surface area contributed by atoms with E-state index in [2.05, 4.69) is 10.3 Å². The lowest BCUT2D eigenvalue weighted by atomic mass is 10.2. The fraction of sp³-hybridized carbons (Fsp3) is 0.700. The quantitative estimate of drug-likeness (QED) is 0.338. The third-order valence-corrected chi connectivity index (χ3v) is 1.65. The number of unbranched alkanes of at least 4 members (excludes halogenated alkanes) is 2. The summed E-state index contributed by atoms with van der Waals surface area (Å²) in [7, 11) is 0. The van der Waals surface area contributed by atoms with Crippen molar-refractivity contribution in [3.05, 3.63) is 11.8 Å². The number of guanidine groups is 1. The first-order chi connectivity index (χ1) is 6.66. The van der Waals surface area contributed by atoms with E-state index >= 15 is 0 Å². The second-order valence-electron chi connectivity index (χ2n) is 3.48. The van der Waals surface area contributed by atoms with Crippen LogP contribution in [-0.4, -0.2) is 19.0 Å². The molecule has 0 aliphatic carbocycles. The molecular weight excluding hydrogens is 176 g/mol. The highest BCUT2D eigenvalue weighted by molar-refractivity contribution is 5.78. The van der Waals surface area contributed by atoms with Crippen LogP contribution in [0.1, 0.15) is 33.1 Å². The Bertz CT molecular complexity index is 192. The minimum absolute atomic E-state index is 0.485. The van der Waals surface area contributed by atoms with Gasteiger partial charge in [0.2, 0.25) is 0 Å². The molecule has 0 aromatic heterocycles. The summed E-state index contributed by atoms with van der Waals surface area (Å²) in [6.07, 6.45) is 5.08. The predicted octanol–water partition coefficient (Wildman–Crippen LogP) is 0.943. The van der Waals surface area contributed by atoms with Gasteiger partial charge < -0.3 is 16.8 Å². The summed E-state index contributed by atoms with van der Waals surface area (Å²) in [6, 6.07) is 0. The summed E-state index contributed by atoms with van der Waals surface area (Å²) in [5, 5.41) is 2.91. The molecule has 0 saturated carbocycles. The molecule has 0 aromatic rings. The molecule has 0 rings (SSSR count). The average Bonchev–Trinajstić information content (AvgIpc) is 2.14. The molecule has 0 bridgehead atoms. The van der Waals surface area contributed by atoms with Gasteiger partial charge in [-0.2, -0.15) is 0 Å². The molecule has 0 saturated heterocycles. The van der Waals surface area contributed by atoms with E-state index < -0.39 is 0 Å². The maximum absolute atomic E-state index is 5.61. The SMILES string of the molecule is CC(C)=CNC(N)=NCCCCCN. The van der Waals surface area contributed by atoms with E-state index in [0.717, 1.165) is 32.4 Å². The Balaban J connectivity index is 3.51. The Morgan fingerprint density at radius 3 is 2.57 bits per heavy atom. The molecule has 0 heterocycles. The van der Waals surface area contributed by atoms with Crippen LogP contribution in [0.4, 0.5) is 0 Å². The molecule has 0 radical (unpaired) electrons. The third kappa shape index (κ3) is 9.06. The van der Waals surface area contributed by atoms with Crippen LogP contribution in [0.5, 0.6) is 0 Å². The van der Waals surface area contributed by atoms with Gasteiger partial charge in [0.1, 0.15) is 0 Å². The fourth-order valence-electron chi connectivity index (χ4n) is 0.896. The van der Waals surface area contributed by atoms with E-state index in [0.29, 0.717) is 5.96 Å². The van der Waals surface area contributed by atoms with Gasteiger partial charge in [-0.25, -0.2) is 0 Å². The van der Waals surface area contributed by atoms with Crippen LogP contribution in [0.15, 0.2) is 16.8 Å². The maximum Gasteiger partial charge on any atom is 0.192 e. The summed E-state index contributed by atoms with van der Waals surface area (Å²) >= 11 is 0. The van der Waals surface area contributed by atoms with Gasteiger partial charge in [0, 0.05) is 12.7 Å². The number of allylic oxidation sites excluding steroid dienone is 1. The van der Waals surface area contributed by atoms with Crippen molar-refractivity contribution in [2.45, 2.75) is 33.1 Å². The highest BCUT2D eigenvalue weighted by atomic mass is 15.1. The Morgan fingerprint density at radius 2 is 2.00 bits per heavy atom. The molecule has 0 aromatic carbocycles. The van der Waals surface area contributed by atoms with Crippen molar-refractivity contribution in [3.8, 4) is 0 Å². The summed E-state index contributed by atoms with van der Waals surface area (Å²) < 4.78 is 0. The number of nitrogens with two attached hydrogens (primary N) is 2. The van der Waals surface area contributed by atoms with Crippen molar-refractivity contribution in [3.63, 3.8) is 0 Å². The lowest BCUT2D eigenvalue weighted by molar-refractivity contribution is 0.694. The molecule has 5 N–H and O–H groups in total. The zero-order valence-electron chi connectivity index (χ0n) is 9.21. The summed E-state index contributed by atoms with van der Waals surface area (Å²) in [5.74, 6) is 0.485. The normalized spacial score (nSPS) is 11.2. The monoisotopic (exact) mass is 198 g/mol. The number of aliphatic imine (C=N–C) groups is 1. The largest absolute Gasteiger partial charge is 0.370 e. The standard InChI is InChI=1S/C10H22N4/c1-9(2)8-14-10(12)13-7-5-3-4-6-11/h8H,3-7,11H2,1-2H3,(H3,12,13,14). The van der Waals surface area contributed by atoms with Crippen LogP contribution < -0.4 is 16.8 Å². The Labute approximate surface area is 86.5 Å². The van der Waals surface area contributed by atoms with Crippen molar-refractivity contribution < 1.29 is 0 Å². The van der Waals surface area contributed by atoms with Crippen molar-refractivity contribution in [1.82, 2.24) is 5.32 Å². The minimum Gasteiger partial charge on any atom is -0.370 e. The highest BCUT2D eigenvalue weighted by Gasteiger charge is 1.88. The molecule has 14 heavy (non-hydrogen) atoms. The number of nitrogens with one attached hydrogen (secondary N) is 1. The maximum atomic E-state index is 5.61. The van der Waals surface area contributed by atoms with E-state index in [9.17, 15) is 0 Å². The molecule has 0 unspecified atom stereocenters. The van der Waals surface area contributed by atoms with Gasteiger partial charge in [-0.05, 0) is 33.2 Å². The van der Waals surface area contributed by atoms with E-state index in [-0.39, 0.29) is 0 Å². The Hall–Kier alpha value is -1.03. The van der Waals surface area contributed by atoms with Crippen molar-refractivity contribution in [1.29, 1.82) is 0 Å². The molecule has 0 amide bonds. The van der Waals surface area contributed by atoms with E-state index in [1.54, 1.807) is 0 Å². The molecule has 4 heteroatoms. The first-order valence-electron chi connectivity index (χ1n) is 5.06. The zero-order chi connectivity index (χ0) is 10.8. The van der Waals surface area contributed by atoms with Crippen LogP contribution in [0.3, 0.4) is 0 Å². The van der Waals surface area contributed by atoms with Gasteiger partial charge in [-0.3, -0.25) is 4.99 Å². The first kappa shape index (κ1) is 13.0. The number of hydrogen-bond acceptors (Lipinski definition) is 2. The van der Waals surface area contributed by atoms with Gasteiger partial charge in [0.05, 0.1) is 0 Å². The highest BCUT2D eigenvalue weighted by Crippen LogP contribution is 1.93. The number of nitrogens with zero attached hydrogens (tertiary/aromatic N) is 1. The Kier molecular flexibility index (Phi) is 7.93. The zero-order valence-corrected chi connectivity index (χ0v) is 9.21.